The van der Waals surface area contributed by atoms with Crippen LogP contribution in [0.4, 0.5) is 5.82 Å². The third kappa shape index (κ3) is 3.23. The van der Waals surface area contributed by atoms with Gasteiger partial charge >= 0.3 is 0 Å². The second kappa shape index (κ2) is 6.02. The smallest absolute Gasteiger partial charge is 0.254 e. The molecule has 1 saturated heterocycles. The van der Waals surface area contributed by atoms with E-state index in [0.717, 1.165) is 37.5 Å². The average Bonchev–Trinajstić information content (AvgIpc) is 2.46. The summed E-state index contributed by atoms with van der Waals surface area (Å²) in [5.74, 6) is 6.75. The monoisotopic (exact) mass is 262 g/mol. The van der Waals surface area contributed by atoms with E-state index in [1.165, 1.54) is 6.42 Å². The molecule has 0 aromatic carbocycles. The van der Waals surface area contributed by atoms with Crippen LogP contribution in [-0.4, -0.2) is 28.9 Å². The molecular formula is C14H22N4O. The molecule has 5 nitrogen and oxygen atoms in total. The van der Waals surface area contributed by atoms with Crippen LogP contribution < -0.4 is 11.3 Å². The molecule has 1 amide bonds. The van der Waals surface area contributed by atoms with E-state index in [1.54, 1.807) is 6.07 Å². The molecule has 5 heteroatoms. The molecule has 1 aromatic rings. The number of rotatable bonds is 3. The number of carbonyl (C=O) groups is 1. The number of hydrogen-bond donors (Lipinski definition) is 2. The molecule has 0 atom stereocenters. The Morgan fingerprint density at radius 3 is 2.74 bits per heavy atom. The number of anilines is 1. The third-order valence-corrected chi connectivity index (χ3v) is 3.83. The van der Waals surface area contributed by atoms with Gasteiger partial charge in [-0.15, -0.1) is 0 Å². The summed E-state index contributed by atoms with van der Waals surface area (Å²) in [7, 11) is 0. The maximum Gasteiger partial charge on any atom is 0.254 e. The van der Waals surface area contributed by atoms with Gasteiger partial charge in [-0.05, 0) is 37.8 Å². The fourth-order valence-corrected chi connectivity index (χ4v) is 2.59. The molecule has 19 heavy (non-hydrogen) atoms. The Balaban J connectivity index is 2.09. The SMILES string of the molecule is CCC1CCN(C(=O)c2cc(C)nc(NN)c2)CC1. The van der Waals surface area contributed by atoms with Gasteiger partial charge in [0.1, 0.15) is 5.82 Å². The minimum atomic E-state index is 0.0801. The van der Waals surface area contributed by atoms with Gasteiger partial charge in [-0.25, -0.2) is 10.8 Å². The van der Waals surface area contributed by atoms with Crippen molar-refractivity contribution in [3.63, 3.8) is 0 Å². The highest BCUT2D eigenvalue weighted by molar-refractivity contribution is 5.95. The molecule has 0 saturated carbocycles. The number of nitrogen functional groups attached to an aromatic ring is 1. The highest BCUT2D eigenvalue weighted by Gasteiger charge is 2.23. The van der Waals surface area contributed by atoms with Crippen LogP contribution in [0.3, 0.4) is 0 Å². The van der Waals surface area contributed by atoms with Gasteiger partial charge in [-0.3, -0.25) is 4.79 Å². The number of hydrogen-bond acceptors (Lipinski definition) is 4. The number of pyridine rings is 1. The number of hydrazine groups is 1. The van der Waals surface area contributed by atoms with E-state index in [9.17, 15) is 4.79 Å². The summed E-state index contributed by atoms with van der Waals surface area (Å²) in [5, 5.41) is 0. The molecular weight excluding hydrogens is 240 g/mol. The number of aryl methyl sites for hydroxylation is 1. The summed E-state index contributed by atoms with van der Waals surface area (Å²) in [6, 6.07) is 3.52. The molecule has 0 aliphatic carbocycles. The molecule has 1 aliphatic rings. The molecule has 0 spiro atoms. The average molecular weight is 262 g/mol. The Hall–Kier alpha value is -1.62. The minimum absolute atomic E-state index is 0.0801. The Morgan fingerprint density at radius 2 is 2.16 bits per heavy atom. The Kier molecular flexibility index (Phi) is 4.37. The van der Waals surface area contributed by atoms with Crippen molar-refractivity contribution in [1.29, 1.82) is 0 Å². The number of nitrogens with one attached hydrogen (secondary N) is 1. The van der Waals surface area contributed by atoms with E-state index in [-0.39, 0.29) is 5.91 Å². The second-order valence-electron chi connectivity index (χ2n) is 5.17. The summed E-state index contributed by atoms with van der Waals surface area (Å²) in [5.41, 5.74) is 3.96. The van der Waals surface area contributed by atoms with Gasteiger partial charge < -0.3 is 10.3 Å². The van der Waals surface area contributed by atoms with E-state index in [4.69, 9.17) is 5.84 Å². The first-order chi connectivity index (χ1) is 9.13. The number of nitrogens with two attached hydrogens (primary N) is 1. The van der Waals surface area contributed by atoms with Crippen LogP contribution in [-0.2, 0) is 0 Å². The lowest BCUT2D eigenvalue weighted by atomic mass is 9.94. The first kappa shape index (κ1) is 13.8. The van der Waals surface area contributed by atoms with Crippen molar-refractivity contribution in [3.8, 4) is 0 Å². The third-order valence-electron chi connectivity index (χ3n) is 3.83. The van der Waals surface area contributed by atoms with Gasteiger partial charge in [0.15, 0.2) is 0 Å². The van der Waals surface area contributed by atoms with Crippen LogP contribution in [0.5, 0.6) is 0 Å². The number of likely N-dealkylation sites (tertiary alicyclic amines) is 1. The molecule has 0 unspecified atom stereocenters. The van der Waals surface area contributed by atoms with Gasteiger partial charge in [0.2, 0.25) is 0 Å². The first-order valence-electron chi connectivity index (χ1n) is 6.88. The topological polar surface area (TPSA) is 71.2 Å². The van der Waals surface area contributed by atoms with Crippen molar-refractivity contribution < 1.29 is 4.79 Å². The Labute approximate surface area is 114 Å². The molecule has 0 radical (unpaired) electrons. The Bertz CT molecular complexity index is 453. The zero-order valence-corrected chi connectivity index (χ0v) is 11.6. The number of amides is 1. The number of piperidine rings is 1. The fourth-order valence-electron chi connectivity index (χ4n) is 2.59. The van der Waals surface area contributed by atoms with Crippen molar-refractivity contribution in [3.05, 3.63) is 23.4 Å². The highest BCUT2D eigenvalue weighted by atomic mass is 16.2. The predicted octanol–water partition coefficient (Wildman–Crippen LogP) is 1.94. The lowest BCUT2D eigenvalue weighted by molar-refractivity contribution is 0.0688. The van der Waals surface area contributed by atoms with Gasteiger partial charge in [0, 0.05) is 24.3 Å². The standard InChI is InChI=1S/C14H22N4O/c1-3-11-4-6-18(7-5-11)14(19)12-8-10(2)16-13(9-12)17-15/h8-9,11H,3-7,15H2,1-2H3,(H,16,17). The van der Waals surface area contributed by atoms with Crippen molar-refractivity contribution in [2.75, 3.05) is 18.5 Å². The van der Waals surface area contributed by atoms with Crippen LogP contribution in [0, 0.1) is 12.8 Å². The predicted molar refractivity (Wildman–Crippen MR) is 75.7 cm³/mol. The summed E-state index contributed by atoms with van der Waals surface area (Å²) in [6.07, 6.45) is 3.42. The molecule has 104 valence electrons. The van der Waals surface area contributed by atoms with E-state index in [2.05, 4.69) is 17.3 Å². The van der Waals surface area contributed by atoms with E-state index >= 15 is 0 Å². The normalized spacial score (nSPS) is 16.5. The molecule has 0 bridgehead atoms. The lowest BCUT2D eigenvalue weighted by Crippen LogP contribution is -2.38. The molecule has 1 aromatic heterocycles. The van der Waals surface area contributed by atoms with Crippen LogP contribution in [0.15, 0.2) is 12.1 Å². The summed E-state index contributed by atoms with van der Waals surface area (Å²) in [6.45, 7) is 5.78. The van der Waals surface area contributed by atoms with Gasteiger partial charge in [0.25, 0.3) is 5.91 Å². The number of aromatic nitrogens is 1. The van der Waals surface area contributed by atoms with E-state index < -0.39 is 0 Å². The van der Waals surface area contributed by atoms with Crippen LogP contribution in [0.1, 0.15) is 42.2 Å². The molecule has 1 fully saturated rings. The summed E-state index contributed by atoms with van der Waals surface area (Å²) < 4.78 is 0. The van der Waals surface area contributed by atoms with Crippen molar-refractivity contribution in [1.82, 2.24) is 9.88 Å². The summed E-state index contributed by atoms with van der Waals surface area (Å²) in [4.78, 5) is 18.6. The number of carbonyl (C=O) groups excluding carboxylic acids is 1. The van der Waals surface area contributed by atoms with E-state index in [0.29, 0.717) is 11.4 Å². The van der Waals surface area contributed by atoms with Gasteiger partial charge in [-0.1, -0.05) is 13.3 Å². The zero-order valence-electron chi connectivity index (χ0n) is 11.6. The molecule has 1 aliphatic heterocycles. The molecule has 2 heterocycles. The highest BCUT2D eigenvalue weighted by Crippen LogP contribution is 2.22. The number of nitrogens with zero attached hydrogens (tertiary/aromatic N) is 2. The largest absolute Gasteiger partial charge is 0.339 e. The molecule has 2 rings (SSSR count). The second-order valence-corrected chi connectivity index (χ2v) is 5.17. The molecule has 3 N–H and O–H groups in total. The van der Waals surface area contributed by atoms with Crippen LogP contribution in [0.2, 0.25) is 0 Å². The lowest BCUT2D eigenvalue weighted by Gasteiger charge is -2.31. The maximum absolute atomic E-state index is 12.4. The van der Waals surface area contributed by atoms with Crippen molar-refractivity contribution in [2.24, 2.45) is 11.8 Å². The summed E-state index contributed by atoms with van der Waals surface area (Å²) >= 11 is 0. The van der Waals surface area contributed by atoms with E-state index in [1.807, 2.05) is 17.9 Å². The van der Waals surface area contributed by atoms with Crippen molar-refractivity contribution >= 4 is 11.7 Å². The van der Waals surface area contributed by atoms with Crippen LogP contribution in [0.25, 0.3) is 0 Å². The van der Waals surface area contributed by atoms with Crippen molar-refractivity contribution in [2.45, 2.75) is 33.1 Å². The fraction of sp³-hybridized carbons (Fsp3) is 0.571. The first-order valence-corrected chi connectivity index (χ1v) is 6.88. The van der Waals surface area contributed by atoms with Crippen LogP contribution >= 0.6 is 0 Å². The zero-order chi connectivity index (χ0) is 13.8. The van der Waals surface area contributed by atoms with Gasteiger partial charge in [-0.2, -0.15) is 0 Å². The van der Waals surface area contributed by atoms with Gasteiger partial charge in [0.05, 0.1) is 0 Å². The maximum atomic E-state index is 12.4. The minimum Gasteiger partial charge on any atom is -0.339 e. The quantitative estimate of drug-likeness (QED) is 0.645. The Morgan fingerprint density at radius 1 is 1.47 bits per heavy atom.